The van der Waals surface area contributed by atoms with Crippen LogP contribution in [0.2, 0.25) is 0 Å². The van der Waals surface area contributed by atoms with E-state index in [0.717, 1.165) is 34.9 Å². The fourth-order valence-electron chi connectivity index (χ4n) is 2.34. The van der Waals surface area contributed by atoms with Gasteiger partial charge in [0.2, 0.25) is 0 Å². The average molecular weight is 333 g/mol. The highest BCUT2D eigenvalue weighted by Crippen LogP contribution is 2.26. The number of thiocyanates is 1. The van der Waals surface area contributed by atoms with Gasteiger partial charge in [-0.2, -0.15) is 5.26 Å². The Hall–Kier alpha value is -2.67. The van der Waals surface area contributed by atoms with E-state index in [-0.39, 0.29) is 0 Å². The van der Waals surface area contributed by atoms with Crippen molar-refractivity contribution < 1.29 is 4.39 Å². The molecule has 1 nitrogen and oxygen atoms in total. The molecule has 0 bridgehead atoms. The highest BCUT2D eigenvalue weighted by molar-refractivity contribution is 8.03. The smallest absolute Gasteiger partial charge is 0.139 e. The predicted octanol–water partition coefficient (Wildman–Crippen LogP) is 5.04. The fraction of sp³-hybridized carbons (Fsp3) is 0.190. The van der Waals surface area contributed by atoms with Crippen molar-refractivity contribution in [1.29, 1.82) is 5.26 Å². The van der Waals surface area contributed by atoms with Crippen molar-refractivity contribution in [1.82, 2.24) is 0 Å². The van der Waals surface area contributed by atoms with E-state index < -0.39 is 5.82 Å². The molecule has 0 spiro atoms. The van der Waals surface area contributed by atoms with E-state index in [0.29, 0.717) is 16.0 Å². The van der Waals surface area contributed by atoms with Crippen LogP contribution in [-0.2, 0) is 6.42 Å². The van der Waals surface area contributed by atoms with Crippen molar-refractivity contribution in [3.05, 3.63) is 64.0 Å². The number of benzene rings is 2. The Labute approximate surface area is 146 Å². The van der Waals surface area contributed by atoms with Crippen LogP contribution in [0.4, 0.5) is 4.39 Å². The van der Waals surface area contributed by atoms with Crippen LogP contribution < -0.4 is 0 Å². The van der Waals surface area contributed by atoms with Gasteiger partial charge in [-0.25, -0.2) is 4.39 Å². The van der Waals surface area contributed by atoms with Crippen LogP contribution in [0.25, 0.3) is 0 Å². The molecule has 0 radical (unpaired) electrons. The lowest BCUT2D eigenvalue weighted by atomic mass is 10.0. The molecule has 0 unspecified atom stereocenters. The van der Waals surface area contributed by atoms with Crippen molar-refractivity contribution in [2.45, 2.75) is 32.1 Å². The van der Waals surface area contributed by atoms with Crippen molar-refractivity contribution in [3.63, 3.8) is 0 Å². The maximum absolute atomic E-state index is 14.0. The first-order valence-corrected chi connectivity index (χ1v) is 8.34. The molecule has 2 aromatic rings. The molecule has 0 aliphatic heterocycles. The summed E-state index contributed by atoms with van der Waals surface area (Å²) < 4.78 is 14.0. The summed E-state index contributed by atoms with van der Waals surface area (Å²) in [6, 6.07) is 9.09. The summed E-state index contributed by atoms with van der Waals surface area (Å²) in [6.07, 6.45) is 0.882. The lowest BCUT2D eigenvalue weighted by Crippen LogP contribution is -1.90. The zero-order chi connectivity index (χ0) is 17.5. The normalized spacial score (nSPS) is 9.29. The third-order valence-electron chi connectivity index (χ3n) is 3.47. The Morgan fingerprint density at radius 2 is 1.83 bits per heavy atom. The molecule has 0 heterocycles. The van der Waals surface area contributed by atoms with Crippen LogP contribution in [0.3, 0.4) is 0 Å². The van der Waals surface area contributed by atoms with E-state index in [1.807, 2.05) is 30.5 Å². The minimum atomic E-state index is -0.409. The number of thioether (sulfide) groups is 1. The van der Waals surface area contributed by atoms with E-state index in [1.54, 1.807) is 13.0 Å². The second-order valence-electron chi connectivity index (χ2n) is 5.15. The Balaban J connectivity index is 2.36. The first kappa shape index (κ1) is 17.7. The van der Waals surface area contributed by atoms with Gasteiger partial charge in [-0.05, 0) is 73.5 Å². The summed E-state index contributed by atoms with van der Waals surface area (Å²) >= 11 is 0.832. The average Bonchev–Trinajstić information content (AvgIpc) is 2.57. The van der Waals surface area contributed by atoms with Gasteiger partial charge < -0.3 is 0 Å². The molecule has 0 aliphatic carbocycles. The third-order valence-corrected chi connectivity index (χ3v) is 4.29. The maximum Gasteiger partial charge on any atom is 0.139 e. The van der Waals surface area contributed by atoms with Crippen LogP contribution in [-0.4, -0.2) is 0 Å². The van der Waals surface area contributed by atoms with E-state index in [1.165, 1.54) is 6.07 Å². The second kappa shape index (κ2) is 8.26. The topological polar surface area (TPSA) is 23.8 Å². The minimum Gasteiger partial charge on any atom is -0.206 e. The zero-order valence-electron chi connectivity index (χ0n) is 13.8. The molecule has 3 heteroatoms. The standard InChI is InChI=1S/C21H16FNS/c1-4-6-19-10-9-16(12-18(19)5-2)7-8-17-11-15(3)21(24-14-23)20(22)13-17/h9-13H,5H2,1-3H3. The van der Waals surface area contributed by atoms with Crippen LogP contribution in [0.15, 0.2) is 35.2 Å². The van der Waals surface area contributed by atoms with E-state index in [4.69, 9.17) is 5.26 Å². The summed E-state index contributed by atoms with van der Waals surface area (Å²) in [7, 11) is 0. The van der Waals surface area contributed by atoms with Gasteiger partial charge in [0.15, 0.2) is 0 Å². The Morgan fingerprint density at radius 3 is 2.46 bits per heavy atom. The largest absolute Gasteiger partial charge is 0.206 e. The van der Waals surface area contributed by atoms with Gasteiger partial charge in [0.1, 0.15) is 11.2 Å². The summed E-state index contributed by atoms with van der Waals surface area (Å²) in [5.41, 5.74) is 4.36. The summed E-state index contributed by atoms with van der Waals surface area (Å²) in [4.78, 5) is 0.360. The Bertz CT molecular complexity index is 907. The number of aryl methyl sites for hydroxylation is 2. The molecule has 2 rings (SSSR count). The molecule has 0 fully saturated rings. The molecule has 0 atom stereocenters. The van der Waals surface area contributed by atoms with E-state index >= 15 is 0 Å². The number of halogens is 1. The monoisotopic (exact) mass is 333 g/mol. The number of nitrogens with zero attached hydrogens (tertiary/aromatic N) is 1. The van der Waals surface area contributed by atoms with E-state index in [2.05, 4.69) is 30.6 Å². The van der Waals surface area contributed by atoms with Gasteiger partial charge in [0.25, 0.3) is 0 Å². The number of hydrogen-bond acceptors (Lipinski definition) is 2. The first-order valence-electron chi connectivity index (χ1n) is 7.52. The van der Waals surface area contributed by atoms with Crippen LogP contribution >= 0.6 is 11.8 Å². The van der Waals surface area contributed by atoms with E-state index in [9.17, 15) is 4.39 Å². The molecule has 0 N–H and O–H groups in total. The van der Waals surface area contributed by atoms with Gasteiger partial charge in [-0.1, -0.05) is 24.7 Å². The van der Waals surface area contributed by atoms with Crippen molar-refractivity contribution in [2.75, 3.05) is 0 Å². The van der Waals surface area contributed by atoms with Gasteiger partial charge in [0.05, 0.1) is 4.90 Å². The molecule has 0 saturated heterocycles. The molecule has 0 aromatic heterocycles. The summed E-state index contributed by atoms with van der Waals surface area (Å²) in [5.74, 6) is 11.7. The van der Waals surface area contributed by atoms with Crippen molar-refractivity contribution >= 4 is 11.8 Å². The van der Waals surface area contributed by atoms with Crippen LogP contribution in [0.1, 0.15) is 41.7 Å². The lowest BCUT2D eigenvalue weighted by Gasteiger charge is -2.03. The molecule has 118 valence electrons. The molecule has 0 amide bonds. The van der Waals surface area contributed by atoms with Gasteiger partial charge >= 0.3 is 0 Å². The third kappa shape index (κ3) is 4.20. The minimum absolute atomic E-state index is 0.360. The number of hydrogen-bond donors (Lipinski definition) is 0. The highest BCUT2D eigenvalue weighted by atomic mass is 32.2. The number of rotatable bonds is 2. The summed E-state index contributed by atoms with van der Waals surface area (Å²) in [6.45, 7) is 5.68. The molecular weight excluding hydrogens is 317 g/mol. The molecular formula is C21H16FNS. The highest BCUT2D eigenvalue weighted by Gasteiger charge is 2.08. The predicted molar refractivity (Wildman–Crippen MR) is 97.0 cm³/mol. The van der Waals surface area contributed by atoms with Crippen LogP contribution in [0.5, 0.6) is 0 Å². The second-order valence-corrected chi connectivity index (χ2v) is 5.94. The Kier molecular flexibility index (Phi) is 6.08. The van der Waals surface area contributed by atoms with Gasteiger partial charge in [0, 0.05) is 16.7 Å². The van der Waals surface area contributed by atoms with Gasteiger partial charge in [-0.3, -0.25) is 0 Å². The zero-order valence-corrected chi connectivity index (χ0v) is 14.6. The Morgan fingerprint density at radius 1 is 1.08 bits per heavy atom. The quantitative estimate of drug-likeness (QED) is 0.437. The summed E-state index contributed by atoms with van der Waals surface area (Å²) in [5, 5.41) is 10.6. The first-order chi connectivity index (χ1) is 11.6. The fourth-order valence-corrected chi connectivity index (χ4v) is 2.81. The maximum atomic E-state index is 14.0. The lowest BCUT2D eigenvalue weighted by molar-refractivity contribution is 0.599. The molecule has 0 aliphatic rings. The molecule has 0 saturated carbocycles. The number of nitriles is 1. The van der Waals surface area contributed by atoms with Crippen molar-refractivity contribution in [3.8, 4) is 29.1 Å². The molecule has 2 aromatic carbocycles. The SMILES string of the molecule is CC#Cc1ccc(C#Cc2cc(C)c(SC#N)c(F)c2)cc1CC. The molecule has 24 heavy (non-hydrogen) atoms. The van der Waals surface area contributed by atoms with Crippen LogP contribution in [0, 0.1) is 47.1 Å². The van der Waals surface area contributed by atoms with Crippen molar-refractivity contribution in [2.24, 2.45) is 0 Å². The van der Waals surface area contributed by atoms with Gasteiger partial charge in [-0.15, -0.1) is 5.92 Å².